The van der Waals surface area contributed by atoms with Crippen LogP contribution in [0.5, 0.6) is 5.75 Å². The first-order valence-electron chi connectivity index (χ1n) is 8.21. The monoisotopic (exact) mass is 338 g/mol. The number of pyridine rings is 1. The Morgan fingerprint density at radius 2 is 2.12 bits per heavy atom. The molecule has 1 aromatic heterocycles. The van der Waals surface area contributed by atoms with E-state index in [-0.39, 0.29) is 11.7 Å². The summed E-state index contributed by atoms with van der Waals surface area (Å²) in [7, 11) is 4.03. The lowest BCUT2D eigenvalue weighted by Gasteiger charge is -2.31. The zero-order valence-electron chi connectivity index (χ0n) is 14.5. The first-order valence-corrected chi connectivity index (χ1v) is 8.21. The summed E-state index contributed by atoms with van der Waals surface area (Å²) in [5.41, 5.74) is 7.89. The fourth-order valence-corrected chi connectivity index (χ4v) is 2.69. The standard InChI is InChI=1S/C19H22N4O2/c1-22(2)10-5-11-23-16-8-7-14(20)12-17(16)25-18(19(23)24)13-15-6-3-4-9-21-15/h3-4,6-9,12-13H,5,10-11,20H2,1-2H3/b18-13+. The number of amides is 1. The number of carbonyl (C=O) groups excluding carboxylic acids is 1. The van der Waals surface area contributed by atoms with Crippen molar-refractivity contribution in [1.29, 1.82) is 0 Å². The quantitative estimate of drug-likeness (QED) is 0.669. The first-order chi connectivity index (χ1) is 12.0. The maximum atomic E-state index is 12.9. The Morgan fingerprint density at radius 1 is 1.28 bits per heavy atom. The second-order valence-electron chi connectivity index (χ2n) is 6.21. The zero-order chi connectivity index (χ0) is 17.8. The van der Waals surface area contributed by atoms with Gasteiger partial charge in [0.25, 0.3) is 5.91 Å². The summed E-state index contributed by atoms with van der Waals surface area (Å²) < 4.78 is 5.83. The third-order valence-corrected chi connectivity index (χ3v) is 3.90. The van der Waals surface area contributed by atoms with E-state index in [1.807, 2.05) is 38.4 Å². The van der Waals surface area contributed by atoms with Crippen LogP contribution in [-0.2, 0) is 4.79 Å². The minimum absolute atomic E-state index is 0.165. The number of hydrogen-bond acceptors (Lipinski definition) is 5. The van der Waals surface area contributed by atoms with Crippen molar-refractivity contribution < 1.29 is 9.53 Å². The van der Waals surface area contributed by atoms with Crippen LogP contribution in [0.1, 0.15) is 12.1 Å². The third kappa shape index (κ3) is 3.97. The SMILES string of the molecule is CN(C)CCCN1C(=O)/C(=C\c2ccccn2)Oc2cc(N)ccc21. The summed E-state index contributed by atoms with van der Waals surface area (Å²) in [6, 6.07) is 10.9. The van der Waals surface area contributed by atoms with Crippen molar-refractivity contribution >= 4 is 23.4 Å². The van der Waals surface area contributed by atoms with Gasteiger partial charge >= 0.3 is 0 Å². The number of nitrogen functional groups attached to an aromatic ring is 1. The van der Waals surface area contributed by atoms with Crippen LogP contribution in [0.2, 0.25) is 0 Å². The lowest BCUT2D eigenvalue weighted by atomic mass is 10.1. The molecule has 0 saturated heterocycles. The van der Waals surface area contributed by atoms with Crippen LogP contribution in [0, 0.1) is 0 Å². The molecule has 0 atom stereocenters. The fourth-order valence-electron chi connectivity index (χ4n) is 2.69. The summed E-state index contributed by atoms with van der Waals surface area (Å²) in [5.74, 6) is 0.676. The van der Waals surface area contributed by atoms with Crippen LogP contribution in [0.3, 0.4) is 0 Å². The molecule has 2 N–H and O–H groups in total. The molecule has 0 unspecified atom stereocenters. The predicted octanol–water partition coefficient (Wildman–Crippen LogP) is 2.38. The van der Waals surface area contributed by atoms with Crippen LogP contribution in [0.4, 0.5) is 11.4 Å². The van der Waals surface area contributed by atoms with Crippen LogP contribution in [-0.4, -0.2) is 43.0 Å². The molecule has 130 valence electrons. The molecule has 2 aromatic rings. The van der Waals surface area contributed by atoms with Crippen molar-refractivity contribution in [2.24, 2.45) is 0 Å². The molecule has 0 spiro atoms. The highest BCUT2D eigenvalue weighted by molar-refractivity contribution is 6.09. The molecule has 0 saturated carbocycles. The van der Waals surface area contributed by atoms with Crippen LogP contribution < -0.4 is 15.4 Å². The van der Waals surface area contributed by atoms with Gasteiger partial charge in [0.1, 0.15) is 0 Å². The van der Waals surface area contributed by atoms with E-state index in [1.165, 1.54) is 0 Å². The molecule has 0 fully saturated rings. The van der Waals surface area contributed by atoms with Crippen LogP contribution >= 0.6 is 0 Å². The van der Waals surface area contributed by atoms with E-state index in [2.05, 4.69) is 9.88 Å². The average Bonchev–Trinajstić information content (AvgIpc) is 2.58. The van der Waals surface area contributed by atoms with E-state index >= 15 is 0 Å². The first kappa shape index (κ1) is 17.0. The Kier molecular flexibility index (Phi) is 5.00. The minimum atomic E-state index is -0.165. The van der Waals surface area contributed by atoms with Crippen molar-refractivity contribution in [2.45, 2.75) is 6.42 Å². The van der Waals surface area contributed by atoms with Gasteiger partial charge in [-0.2, -0.15) is 0 Å². The summed E-state index contributed by atoms with van der Waals surface area (Å²) in [6.07, 6.45) is 4.20. The molecule has 2 heterocycles. The van der Waals surface area contributed by atoms with Gasteiger partial charge in [-0.05, 0) is 51.3 Å². The van der Waals surface area contributed by atoms with Crippen molar-refractivity contribution in [1.82, 2.24) is 9.88 Å². The maximum Gasteiger partial charge on any atom is 0.294 e. The summed E-state index contributed by atoms with van der Waals surface area (Å²) in [6.45, 7) is 1.51. The van der Waals surface area contributed by atoms with Gasteiger partial charge in [-0.25, -0.2) is 0 Å². The largest absolute Gasteiger partial charge is 0.449 e. The predicted molar refractivity (Wildman–Crippen MR) is 99.2 cm³/mol. The molecular formula is C19H22N4O2. The smallest absolute Gasteiger partial charge is 0.294 e. The normalized spacial score (nSPS) is 15.4. The number of aromatic nitrogens is 1. The van der Waals surface area contributed by atoms with Crippen molar-refractivity contribution in [3.8, 4) is 5.75 Å². The Hall–Kier alpha value is -2.86. The molecule has 1 aliphatic rings. The van der Waals surface area contributed by atoms with E-state index < -0.39 is 0 Å². The number of nitrogens with zero attached hydrogens (tertiary/aromatic N) is 3. The van der Waals surface area contributed by atoms with Gasteiger partial charge in [0.15, 0.2) is 11.5 Å². The summed E-state index contributed by atoms with van der Waals surface area (Å²) in [5, 5.41) is 0. The fraction of sp³-hybridized carbons (Fsp3) is 0.263. The number of hydrogen-bond donors (Lipinski definition) is 1. The number of carbonyl (C=O) groups is 1. The highest BCUT2D eigenvalue weighted by atomic mass is 16.5. The number of ether oxygens (including phenoxy) is 1. The van der Waals surface area contributed by atoms with Gasteiger partial charge < -0.3 is 20.3 Å². The third-order valence-electron chi connectivity index (χ3n) is 3.90. The molecule has 0 radical (unpaired) electrons. The summed E-state index contributed by atoms with van der Waals surface area (Å²) in [4.78, 5) is 21.0. The molecule has 6 heteroatoms. The van der Waals surface area contributed by atoms with E-state index in [0.29, 0.717) is 23.7 Å². The topological polar surface area (TPSA) is 71.7 Å². The molecule has 1 amide bonds. The second kappa shape index (κ2) is 7.36. The molecule has 3 rings (SSSR count). The van der Waals surface area contributed by atoms with Gasteiger partial charge in [0.2, 0.25) is 0 Å². The van der Waals surface area contributed by atoms with Gasteiger partial charge in [0, 0.05) is 30.6 Å². The second-order valence-corrected chi connectivity index (χ2v) is 6.21. The number of rotatable bonds is 5. The van der Waals surface area contributed by atoms with Crippen molar-refractivity contribution in [2.75, 3.05) is 37.8 Å². The van der Waals surface area contributed by atoms with Crippen LogP contribution in [0.15, 0.2) is 48.4 Å². The molecule has 0 bridgehead atoms. The minimum Gasteiger partial charge on any atom is -0.449 e. The lowest BCUT2D eigenvalue weighted by Crippen LogP contribution is -2.39. The van der Waals surface area contributed by atoms with Gasteiger partial charge in [0.05, 0.1) is 11.4 Å². The molecule has 25 heavy (non-hydrogen) atoms. The molecule has 1 aromatic carbocycles. The summed E-state index contributed by atoms with van der Waals surface area (Å²) >= 11 is 0. The molecule has 6 nitrogen and oxygen atoms in total. The van der Waals surface area contributed by atoms with Crippen molar-refractivity contribution in [3.63, 3.8) is 0 Å². The van der Waals surface area contributed by atoms with Gasteiger partial charge in [-0.1, -0.05) is 6.07 Å². The average molecular weight is 338 g/mol. The highest BCUT2D eigenvalue weighted by Gasteiger charge is 2.30. The zero-order valence-corrected chi connectivity index (χ0v) is 14.5. The van der Waals surface area contributed by atoms with E-state index in [4.69, 9.17) is 10.5 Å². The van der Waals surface area contributed by atoms with Crippen LogP contribution in [0.25, 0.3) is 6.08 Å². The number of anilines is 2. The van der Waals surface area contributed by atoms with E-state index in [1.54, 1.807) is 29.3 Å². The maximum absolute atomic E-state index is 12.9. The Bertz CT molecular complexity index is 787. The lowest BCUT2D eigenvalue weighted by molar-refractivity contribution is -0.117. The number of fused-ring (bicyclic) bond motifs is 1. The van der Waals surface area contributed by atoms with Gasteiger partial charge in [-0.3, -0.25) is 9.78 Å². The molecule has 0 aliphatic carbocycles. The van der Waals surface area contributed by atoms with E-state index in [9.17, 15) is 4.79 Å². The van der Waals surface area contributed by atoms with E-state index in [0.717, 1.165) is 18.7 Å². The Morgan fingerprint density at radius 3 is 2.84 bits per heavy atom. The molecular weight excluding hydrogens is 316 g/mol. The number of benzene rings is 1. The van der Waals surface area contributed by atoms with Gasteiger partial charge in [-0.15, -0.1) is 0 Å². The van der Waals surface area contributed by atoms with Crippen molar-refractivity contribution in [3.05, 3.63) is 54.0 Å². The molecule has 1 aliphatic heterocycles. The Balaban J connectivity index is 1.93. The highest BCUT2D eigenvalue weighted by Crippen LogP contribution is 2.37. The Labute approximate surface area is 147 Å². The number of nitrogens with two attached hydrogens (primary N) is 1.